The predicted molar refractivity (Wildman–Crippen MR) is 161 cm³/mol. The molecule has 0 aliphatic carbocycles. The van der Waals surface area contributed by atoms with Crippen molar-refractivity contribution in [1.82, 2.24) is 10.2 Å². The van der Waals surface area contributed by atoms with Gasteiger partial charge in [-0.25, -0.2) is 8.42 Å². The number of amides is 2. The lowest BCUT2D eigenvalue weighted by Gasteiger charge is -2.32. The smallest absolute Gasteiger partial charge is 0.264 e. The first kappa shape index (κ1) is 31.2. The molecule has 2 amide bonds. The molecule has 0 unspecified atom stereocenters. The van der Waals surface area contributed by atoms with Gasteiger partial charge in [0.15, 0.2) is 0 Å². The molecule has 0 saturated heterocycles. The number of anilines is 1. The molecule has 40 heavy (non-hydrogen) atoms. The van der Waals surface area contributed by atoms with Crippen molar-refractivity contribution in [1.29, 1.82) is 0 Å². The third kappa shape index (κ3) is 7.85. The molecule has 0 aromatic heterocycles. The van der Waals surface area contributed by atoms with E-state index in [0.717, 1.165) is 26.3 Å². The van der Waals surface area contributed by atoms with E-state index in [0.29, 0.717) is 11.4 Å². The summed E-state index contributed by atoms with van der Waals surface area (Å²) in [5, 5.41) is 2.93. The number of sulfonamides is 1. The standard InChI is InChI=1S/C30H36BrN3O5S/c1-6-22(3)32-30(36)23(4)33(19-24-8-7-9-27(18-24)39-5)29(35)20-34(26-14-12-25(31)13-15-26)40(37,38)28-16-10-21(2)11-17-28/h7-18,22-23H,6,19-20H2,1-5H3,(H,32,36)/t22-,23+/m1/s1. The monoisotopic (exact) mass is 629 g/mol. The molecule has 0 spiro atoms. The van der Waals surface area contributed by atoms with Crippen molar-refractivity contribution in [3.8, 4) is 5.75 Å². The van der Waals surface area contributed by atoms with Crippen LogP contribution in [0.2, 0.25) is 0 Å². The number of hydrogen-bond acceptors (Lipinski definition) is 5. The highest BCUT2D eigenvalue weighted by molar-refractivity contribution is 9.10. The second kappa shape index (κ2) is 13.8. The second-order valence-corrected chi connectivity index (χ2v) is 12.4. The molecule has 0 radical (unpaired) electrons. The number of rotatable bonds is 12. The Hall–Kier alpha value is -3.37. The highest BCUT2D eigenvalue weighted by Gasteiger charge is 2.32. The van der Waals surface area contributed by atoms with Crippen molar-refractivity contribution in [2.45, 2.75) is 57.6 Å². The van der Waals surface area contributed by atoms with Crippen LogP contribution in [0.4, 0.5) is 5.69 Å². The zero-order chi connectivity index (χ0) is 29.4. The van der Waals surface area contributed by atoms with E-state index in [4.69, 9.17) is 4.74 Å². The molecule has 0 bridgehead atoms. The van der Waals surface area contributed by atoms with E-state index >= 15 is 0 Å². The van der Waals surface area contributed by atoms with E-state index < -0.39 is 28.5 Å². The van der Waals surface area contributed by atoms with Crippen LogP contribution in [-0.4, -0.2) is 50.9 Å². The number of benzene rings is 3. The summed E-state index contributed by atoms with van der Waals surface area (Å²) < 4.78 is 34.9. The van der Waals surface area contributed by atoms with Crippen LogP contribution in [0, 0.1) is 6.92 Å². The van der Waals surface area contributed by atoms with Gasteiger partial charge in [0, 0.05) is 17.1 Å². The van der Waals surface area contributed by atoms with Crippen LogP contribution < -0.4 is 14.4 Å². The maximum atomic E-state index is 14.0. The van der Waals surface area contributed by atoms with E-state index in [1.54, 1.807) is 68.6 Å². The Balaban J connectivity index is 2.03. The lowest BCUT2D eigenvalue weighted by atomic mass is 10.1. The molecule has 1 N–H and O–H groups in total. The van der Waals surface area contributed by atoms with Crippen LogP contribution in [0.15, 0.2) is 82.2 Å². The zero-order valence-electron chi connectivity index (χ0n) is 23.4. The topological polar surface area (TPSA) is 96.0 Å². The molecule has 0 fully saturated rings. The van der Waals surface area contributed by atoms with Gasteiger partial charge in [-0.1, -0.05) is 52.7 Å². The number of nitrogens with one attached hydrogen (secondary N) is 1. The summed E-state index contributed by atoms with van der Waals surface area (Å²) >= 11 is 3.38. The van der Waals surface area contributed by atoms with Crippen molar-refractivity contribution in [2.75, 3.05) is 18.0 Å². The van der Waals surface area contributed by atoms with Gasteiger partial charge < -0.3 is 15.0 Å². The van der Waals surface area contributed by atoms with Gasteiger partial charge in [0.2, 0.25) is 11.8 Å². The average molecular weight is 631 g/mol. The van der Waals surface area contributed by atoms with Crippen molar-refractivity contribution < 1.29 is 22.7 Å². The Labute approximate surface area is 245 Å². The number of aryl methyl sites for hydroxylation is 1. The lowest BCUT2D eigenvalue weighted by Crippen LogP contribution is -2.52. The normalized spacial score (nSPS) is 12.8. The van der Waals surface area contributed by atoms with Gasteiger partial charge in [0.25, 0.3) is 10.0 Å². The fraction of sp³-hybridized carbons (Fsp3) is 0.333. The minimum absolute atomic E-state index is 0.0655. The Morgan fingerprint density at radius 3 is 2.25 bits per heavy atom. The summed E-state index contributed by atoms with van der Waals surface area (Å²) in [6.45, 7) is 6.96. The van der Waals surface area contributed by atoms with Crippen LogP contribution in [0.5, 0.6) is 5.75 Å². The van der Waals surface area contributed by atoms with Crippen molar-refractivity contribution in [2.24, 2.45) is 0 Å². The van der Waals surface area contributed by atoms with Crippen LogP contribution in [0.3, 0.4) is 0 Å². The van der Waals surface area contributed by atoms with Crippen LogP contribution in [0.25, 0.3) is 0 Å². The van der Waals surface area contributed by atoms with Gasteiger partial charge >= 0.3 is 0 Å². The van der Waals surface area contributed by atoms with Crippen LogP contribution in [0.1, 0.15) is 38.3 Å². The van der Waals surface area contributed by atoms with Crippen molar-refractivity contribution in [3.05, 3.63) is 88.4 Å². The lowest BCUT2D eigenvalue weighted by molar-refractivity contribution is -0.139. The van der Waals surface area contributed by atoms with Gasteiger partial charge in [0.05, 0.1) is 17.7 Å². The summed E-state index contributed by atoms with van der Waals surface area (Å²) in [7, 11) is -2.56. The molecule has 10 heteroatoms. The van der Waals surface area contributed by atoms with E-state index in [2.05, 4.69) is 21.2 Å². The molecule has 3 aromatic rings. The molecular formula is C30H36BrN3O5S. The summed E-state index contributed by atoms with van der Waals surface area (Å²) in [5.74, 6) is -0.226. The van der Waals surface area contributed by atoms with Crippen LogP contribution in [-0.2, 0) is 26.2 Å². The van der Waals surface area contributed by atoms with E-state index in [1.165, 1.54) is 17.0 Å². The number of carbonyl (C=O) groups excluding carboxylic acids is 2. The number of halogens is 1. The first-order valence-corrected chi connectivity index (χ1v) is 15.3. The first-order valence-electron chi connectivity index (χ1n) is 13.0. The Kier molecular flexibility index (Phi) is 10.8. The Morgan fingerprint density at radius 1 is 1.00 bits per heavy atom. The molecular weight excluding hydrogens is 594 g/mol. The van der Waals surface area contributed by atoms with E-state index in [1.807, 2.05) is 26.8 Å². The molecule has 0 heterocycles. The second-order valence-electron chi connectivity index (χ2n) is 9.67. The van der Waals surface area contributed by atoms with Gasteiger partial charge in [-0.05, 0) is 81.3 Å². The number of nitrogens with zero attached hydrogens (tertiary/aromatic N) is 2. The predicted octanol–water partition coefficient (Wildman–Crippen LogP) is 5.29. The molecule has 2 atom stereocenters. The highest BCUT2D eigenvalue weighted by atomic mass is 79.9. The molecule has 0 aliphatic heterocycles. The number of carbonyl (C=O) groups is 2. The largest absolute Gasteiger partial charge is 0.497 e. The van der Waals surface area contributed by atoms with Gasteiger partial charge in [-0.3, -0.25) is 13.9 Å². The maximum absolute atomic E-state index is 14.0. The quantitative estimate of drug-likeness (QED) is 0.294. The third-order valence-electron chi connectivity index (χ3n) is 6.66. The summed E-state index contributed by atoms with van der Waals surface area (Å²) in [6, 6.07) is 19.4. The average Bonchev–Trinajstić information content (AvgIpc) is 2.94. The van der Waals surface area contributed by atoms with Crippen molar-refractivity contribution in [3.63, 3.8) is 0 Å². The molecule has 3 rings (SSSR count). The Bertz CT molecular complexity index is 1410. The Morgan fingerprint density at radius 2 is 1.65 bits per heavy atom. The maximum Gasteiger partial charge on any atom is 0.264 e. The van der Waals surface area contributed by atoms with Gasteiger partial charge in [0.1, 0.15) is 18.3 Å². The fourth-order valence-corrected chi connectivity index (χ4v) is 5.67. The van der Waals surface area contributed by atoms with E-state index in [-0.39, 0.29) is 23.4 Å². The van der Waals surface area contributed by atoms with Gasteiger partial charge in [-0.2, -0.15) is 0 Å². The molecule has 3 aromatic carbocycles. The zero-order valence-corrected chi connectivity index (χ0v) is 25.8. The summed E-state index contributed by atoms with van der Waals surface area (Å²) in [5.41, 5.74) is 1.98. The number of methoxy groups -OCH3 is 1. The SMILES string of the molecule is CC[C@@H](C)NC(=O)[C@H](C)N(Cc1cccc(OC)c1)C(=O)CN(c1ccc(Br)cc1)S(=O)(=O)c1ccc(C)cc1. The van der Waals surface area contributed by atoms with Crippen molar-refractivity contribution >= 4 is 43.5 Å². The minimum atomic E-state index is -4.11. The fourth-order valence-electron chi connectivity index (χ4n) is 3.99. The van der Waals surface area contributed by atoms with Gasteiger partial charge in [-0.15, -0.1) is 0 Å². The van der Waals surface area contributed by atoms with Crippen LogP contribution >= 0.6 is 15.9 Å². The summed E-state index contributed by atoms with van der Waals surface area (Å²) in [4.78, 5) is 28.6. The molecule has 8 nitrogen and oxygen atoms in total. The summed E-state index contributed by atoms with van der Waals surface area (Å²) in [6.07, 6.45) is 0.731. The molecule has 0 aliphatic rings. The molecule has 214 valence electrons. The minimum Gasteiger partial charge on any atom is -0.497 e. The number of ether oxygens (including phenoxy) is 1. The molecule has 0 saturated carbocycles. The van der Waals surface area contributed by atoms with E-state index in [9.17, 15) is 18.0 Å². The number of hydrogen-bond donors (Lipinski definition) is 1. The third-order valence-corrected chi connectivity index (χ3v) is 8.97. The highest BCUT2D eigenvalue weighted by Crippen LogP contribution is 2.26. The first-order chi connectivity index (χ1) is 19.0.